The first-order valence-corrected chi connectivity index (χ1v) is 12.9. The number of aryl methyl sites for hydroxylation is 1. The number of carbonyl (C=O) groups is 1. The average molecular weight is 528 g/mol. The predicted octanol–water partition coefficient (Wildman–Crippen LogP) is 2.81. The van der Waals surface area contributed by atoms with Crippen LogP contribution in [0.5, 0.6) is 17.2 Å². The van der Waals surface area contributed by atoms with Crippen LogP contribution in [0.2, 0.25) is 0 Å². The third-order valence-corrected chi connectivity index (χ3v) is 5.73. The molecule has 12 heteroatoms. The van der Waals surface area contributed by atoms with Crippen molar-refractivity contribution >= 4 is 16.4 Å². The lowest BCUT2D eigenvalue weighted by atomic mass is 10.0. The smallest absolute Gasteiger partial charge is 0.446 e. The van der Waals surface area contributed by atoms with Gasteiger partial charge in [0.1, 0.15) is 11.3 Å². The summed E-state index contributed by atoms with van der Waals surface area (Å²) in [6.07, 6.45) is 4.19. The summed E-state index contributed by atoms with van der Waals surface area (Å²) >= 11 is 0. The minimum absolute atomic E-state index is 0.242. The highest BCUT2D eigenvalue weighted by atomic mass is 32.3. The van der Waals surface area contributed by atoms with Gasteiger partial charge in [0.2, 0.25) is 0 Å². The van der Waals surface area contributed by atoms with Crippen LogP contribution in [0.1, 0.15) is 59.7 Å². The monoisotopic (exact) mass is 527 g/mol. The predicted molar refractivity (Wildman–Crippen MR) is 131 cm³/mol. The van der Waals surface area contributed by atoms with Gasteiger partial charge >= 0.3 is 16.4 Å². The zero-order valence-corrected chi connectivity index (χ0v) is 20.6. The molecule has 0 radical (unpaired) electrons. The molecule has 0 aliphatic rings. The first-order chi connectivity index (χ1) is 17.1. The SMILES string of the molecule is O=C(O)c1cc(C(O)CNCCCCCCOCCCc2ccc(O)c(OS(=O)(=O)O)c2)ccc1O. The number of rotatable bonds is 17. The number of aromatic hydroxyl groups is 2. The highest BCUT2D eigenvalue weighted by Crippen LogP contribution is 2.28. The van der Waals surface area contributed by atoms with Gasteiger partial charge in [0.15, 0.2) is 11.5 Å². The Morgan fingerprint density at radius 2 is 1.64 bits per heavy atom. The summed E-state index contributed by atoms with van der Waals surface area (Å²) in [5.74, 6) is -2.30. The lowest BCUT2D eigenvalue weighted by molar-refractivity contribution is 0.0693. The lowest BCUT2D eigenvalue weighted by Crippen LogP contribution is -2.22. The van der Waals surface area contributed by atoms with Crippen LogP contribution in [0.3, 0.4) is 0 Å². The van der Waals surface area contributed by atoms with E-state index in [0.29, 0.717) is 38.2 Å². The Morgan fingerprint density at radius 1 is 0.944 bits per heavy atom. The molecule has 1 atom stereocenters. The molecule has 1 unspecified atom stereocenters. The average Bonchev–Trinajstić information content (AvgIpc) is 2.80. The highest BCUT2D eigenvalue weighted by Gasteiger charge is 2.14. The van der Waals surface area contributed by atoms with E-state index < -0.39 is 22.5 Å². The number of benzene rings is 2. The van der Waals surface area contributed by atoms with Crippen molar-refractivity contribution in [1.29, 1.82) is 0 Å². The Bertz CT molecular complexity index is 1090. The van der Waals surface area contributed by atoms with Crippen LogP contribution in [0, 0.1) is 0 Å². The number of nitrogens with one attached hydrogen (secondary N) is 1. The zero-order valence-electron chi connectivity index (χ0n) is 19.8. The van der Waals surface area contributed by atoms with E-state index in [9.17, 15) is 28.5 Å². The first kappa shape index (κ1) is 29.3. The minimum Gasteiger partial charge on any atom is -0.507 e. The summed E-state index contributed by atoms with van der Waals surface area (Å²) in [7, 11) is -4.71. The summed E-state index contributed by atoms with van der Waals surface area (Å²) in [5, 5.41) is 41.5. The maximum absolute atomic E-state index is 11.1. The zero-order chi connectivity index (χ0) is 26.6. The minimum atomic E-state index is -4.71. The van der Waals surface area contributed by atoms with Crippen molar-refractivity contribution in [3.8, 4) is 17.2 Å². The van der Waals surface area contributed by atoms with Gasteiger partial charge in [0.25, 0.3) is 0 Å². The van der Waals surface area contributed by atoms with E-state index in [-0.39, 0.29) is 29.4 Å². The van der Waals surface area contributed by atoms with Crippen LogP contribution in [0.15, 0.2) is 36.4 Å². The molecular weight excluding hydrogens is 494 g/mol. The van der Waals surface area contributed by atoms with Crippen molar-refractivity contribution in [2.24, 2.45) is 0 Å². The molecule has 0 aliphatic heterocycles. The molecule has 36 heavy (non-hydrogen) atoms. The molecule has 6 N–H and O–H groups in total. The van der Waals surface area contributed by atoms with Crippen LogP contribution < -0.4 is 9.50 Å². The van der Waals surface area contributed by atoms with Crippen molar-refractivity contribution in [1.82, 2.24) is 5.32 Å². The molecule has 0 spiro atoms. The quantitative estimate of drug-likeness (QED) is 0.131. The van der Waals surface area contributed by atoms with Gasteiger partial charge in [-0.1, -0.05) is 25.0 Å². The van der Waals surface area contributed by atoms with Crippen LogP contribution >= 0.6 is 0 Å². The number of unbranched alkanes of at least 4 members (excludes halogenated alkanes) is 3. The van der Waals surface area contributed by atoms with Crippen molar-refractivity contribution in [3.63, 3.8) is 0 Å². The number of ether oxygens (including phenoxy) is 1. The van der Waals surface area contributed by atoms with Crippen molar-refractivity contribution in [2.75, 3.05) is 26.3 Å². The first-order valence-electron chi connectivity index (χ1n) is 11.6. The fourth-order valence-electron chi connectivity index (χ4n) is 3.47. The second kappa shape index (κ2) is 14.6. The number of phenolic OH excluding ortho intramolecular Hbond substituents is 1. The van der Waals surface area contributed by atoms with Crippen LogP contribution in [0.4, 0.5) is 0 Å². The molecule has 0 heterocycles. The molecule has 0 fully saturated rings. The molecule has 0 aromatic heterocycles. The fraction of sp³-hybridized carbons (Fsp3) is 0.458. The third-order valence-electron chi connectivity index (χ3n) is 5.34. The number of hydrogen-bond donors (Lipinski definition) is 6. The molecule has 0 bridgehead atoms. The summed E-state index contributed by atoms with van der Waals surface area (Å²) in [4.78, 5) is 11.1. The number of carboxylic acids is 1. The number of carboxylic acid groups (broad SMARTS) is 1. The van der Waals surface area contributed by atoms with Crippen LogP contribution in [-0.4, -0.2) is 65.7 Å². The van der Waals surface area contributed by atoms with E-state index in [1.54, 1.807) is 6.07 Å². The number of aromatic carboxylic acids is 1. The van der Waals surface area contributed by atoms with E-state index in [2.05, 4.69) is 9.50 Å². The van der Waals surface area contributed by atoms with E-state index >= 15 is 0 Å². The van der Waals surface area contributed by atoms with Gasteiger partial charge in [-0.25, -0.2) is 4.79 Å². The van der Waals surface area contributed by atoms with E-state index in [1.165, 1.54) is 30.3 Å². The Morgan fingerprint density at radius 3 is 2.36 bits per heavy atom. The van der Waals surface area contributed by atoms with Crippen LogP contribution in [0.25, 0.3) is 0 Å². The summed E-state index contributed by atoms with van der Waals surface area (Å²) in [5.41, 5.74) is 0.918. The molecule has 0 saturated carbocycles. The molecular formula is C24H33NO10S. The number of aliphatic hydroxyl groups is 1. The number of hydrogen-bond acceptors (Lipinski definition) is 9. The molecule has 2 aromatic rings. The lowest BCUT2D eigenvalue weighted by Gasteiger charge is -2.13. The van der Waals surface area contributed by atoms with Crippen LogP contribution in [-0.2, 0) is 21.6 Å². The Hall–Kier alpha value is -2.90. The molecule has 0 aliphatic carbocycles. The van der Waals surface area contributed by atoms with Crippen molar-refractivity contribution in [2.45, 2.75) is 44.6 Å². The summed E-state index contributed by atoms with van der Waals surface area (Å²) in [6, 6.07) is 8.31. The van der Waals surface area contributed by atoms with E-state index in [1.807, 2.05) is 0 Å². The van der Waals surface area contributed by atoms with Gasteiger partial charge in [-0.2, -0.15) is 8.42 Å². The maximum atomic E-state index is 11.1. The Kier molecular flexibility index (Phi) is 11.9. The van der Waals surface area contributed by atoms with Gasteiger partial charge in [-0.05, 0) is 67.6 Å². The summed E-state index contributed by atoms with van der Waals surface area (Å²) in [6.45, 7) is 2.12. The largest absolute Gasteiger partial charge is 0.507 e. The van der Waals surface area contributed by atoms with Gasteiger partial charge in [-0.15, -0.1) is 0 Å². The van der Waals surface area contributed by atoms with Gasteiger partial charge < -0.3 is 34.7 Å². The number of phenols is 2. The second-order valence-electron chi connectivity index (χ2n) is 8.24. The van der Waals surface area contributed by atoms with Gasteiger partial charge in [0, 0.05) is 19.8 Å². The molecule has 11 nitrogen and oxygen atoms in total. The maximum Gasteiger partial charge on any atom is 0.446 e. The molecule has 0 amide bonds. The topological polar surface area (TPSA) is 183 Å². The normalized spacial score (nSPS) is 12.4. The Labute approximate surface area is 210 Å². The van der Waals surface area contributed by atoms with Gasteiger partial charge in [0.05, 0.1) is 6.10 Å². The molecule has 2 aromatic carbocycles. The summed E-state index contributed by atoms with van der Waals surface area (Å²) < 4.78 is 40.3. The molecule has 2 rings (SSSR count). The van der Waals surface area contributed by atoms with Crippen molar-refractivity contribution < 1.29 is 47.1 Å². The van der Waals surface area contributed by atoms with E-state index in [0.717, 1.165) is 31.2 Å². The van der Waals surface area contributed by atoms with E-state index in [4.69, 9.17) is 14.4 Å². The molecule has 0 saturated heterocycles. The second-order valence-corrected chi connectivity index (χ2v) is 9.27. The Balaban J connectivity index is 1.50. The fourth-order valence-corrected chi connectivity index (χ4v) is 3.83. The van der Waals surface area contributed by atoms with Crippen molar-refractivity contribution in [3.05, 3.63) is 53.1 Å². The van der Waals surface area contributed by atoms with Gasteiger partial charge in [-0.3, -0.25) is 4.55 Å². The third kappa shape index (κ3) is 10.8. The highest BCUT2D eigenvalue weighted by molar-refractivity contribution is 7.81. The number of aliphatic hydroxyl groups excluding tert-OH is 1. The molecule has 200 valence electrons. The standard InChI is InChI=1S/C24H33NO10S/c26-20-10-8-18(15-19(20)24(29)30)22(28)16-25-11-3-1-2-4-12-34-13-5-6-17-7-9-21(27)23(14-17)35-36(31,32)33/h7-10,14-15,22,25-28H,1-6,11-13,16H2,(H,29,30)(H,31,32,33).